The molecule has 2 unspecified atom stereocenters. The van der Waals surface area contributed by atoms with E-state index in [0.717, 1.165) is 29.7 Å². The van der Waals surface area contributed by atoms with Gasteiger partial charge in [0.05, 0.1) is 18.8 Å². The second-order valence-electron chi connectivity index (χ2n) is 12.0. The van der Waals surface area contributed by atoms with Gasteiger partial charge in [0, 0.05) is 13.1 Å². The summed E-state index contributed by atoms with van der Waals surface area (Å²) in [5.74, 6) is -0.323. The van der Waals surface area contributed by atoms with Crippen molar-refractivity contribution in [3.05, 3.63) is 65.7 Å². The number of alkyl carbamates (subject to hydrolysis) is 1. The number of fused-ring (bicyclic) bond motifs is 14. The SMILES string of the molecule is CC(C)C1NC(=O)[C@@H](C(O)[C@H](Cc2ccccc2)NC(=O)OC(C)(C)C)NCc2ccc(cc2)OCCCCNC1=O. The molecule has 4 atom stereocenters. The number of ether oxygens (including phenoxy) is 2. The van der Waals surface area contributed by atoms with Gasteiger partial charge in [-0.25, -0.2) is 4.79 Å². The third-order valence-corrected chi connectivity index (χ3v) is 6.87. The molecule has 2 aromatic carbocycles. The number of aliphatic hydroxyl groups excluding tert-OH is 1. The molecule has 0 saturated heterocycles. The van der Waals surface area contributed by atoms with Crippen LogP contribution < -0.4 is 26.0 Å². The Morgan fingerprint density at radius 3 is 2.36 bits per heavy atom. The van der Waals surface area contributed by atoms with Gasteiger partial charge >= 0.3 is 6.09 Å². The number of carbonyl (C=O) groups excluding carboxylic acids is 3. The average molecular weight is 583 g/mol. The molecule has 4 rings (SSSR count). The Bertz CT molecular complexity index is 1150. The third-order valence-electron chi connectivity index (χ3n) is 6.87. The van der Waals surface area contributed by atoms with Gasteiger partial charge in [-0.1, -0.05) is 56.3 Å². The van der Waals surface area contributed by atoms with Crippen LogP contribution in [-0.4, -0.2) is 66.0 Å². The summed E-state index contributed by atoms with van der Waals surface area (Å²) in [5.41, 5.74) is 0.975. The molecule has 0 spiro atoms. The van der Waals surface area contributed by atoms with Crippen LogP contribution in [0.5, 0.6) is 5.75 Å². The molecular formula is C32H46N4O6. The molecule has 0 radical (unpaired) electrons. The van der Waals surface area contributed by atoms with Crippen molar-refractivity contribution < 1.29 is 29.0 Å². The fourth-order valence-corrected chi connectivity index (χ4v) is 4.63. The van der Waals surface area contributed by atoms with Crippen LogP contribution in [0.15, 0.2) is 54.6 Å². The molecular weight excluding hydrogens is 536 g/mol. The van der Waals surface area contributed by atoms with E-state index in [0.29, 0.717) is 13.2 Å². The molecule has 0 saturated carbocycles. The number of benzene rings is 2. The van der Waals surface area contributed by atoms with Gasteiger partial charge in [-0.3, -0.25) is 14.9 Å². The van der Waals surface area contributed by atoms with Crippen molar-refractivity contribution in [3.63, 3.8) is 0 Å². The van der Waals surface area contributed by atoms with E-state index < -0.39 is 41.8 Å². The van der Waals surface area contributed by atoms with Crippen molar-refractivity contribution in [1.29, 1.82) is 0 Å². The van der Waals surface area contributed by atoms with Crippen LogP contribution in [0.3, 0.4) is 0 Å². The van der Waals surface area contributed by atoms with Crippen LogP contribution in [-0.2, 0) is 27.3 Å². The lowest BCUT2D eigenvalue weighted by Gasteiger charge is -2.33. The molecule has 2 aromatic rings. The molecule has 10 nitrogen and oxygen atoms in total. The van der Waals surface area contributed by atoms with Gasteiger partial charge in [-0.05, 0) is 69.2 Å². The first-order valence-corrected chi connectivity index (χ1v) is 14.7. The molecule has 2 bridgehead atoms. The number of amides is 3. The zero-order valence-electron chi connectivity index (χ0n) is 25.3. The summed E-state index contributed by atoms with van der Waals surface area (Å²) < 4.78 is 11.3. The summed E-state index contributed by atoms with van der Waals surface area (Å²) in [6, 6.07) is 14.0. The highest BCUT2D eigenvalue weighted by molar-refractivity contribution is 5.90. The molecule has 2 aliphatic heterocycles. The second kappa shape index (κ2) is 15.6. The summed E-state index contributed by atoms with van der Waals surface area (Å²) >= 11 is 0. The molecule has 3 amide bonds. The lowest BCUT2D eigenvalue weighted by atomic mass is 9.94. The first-order chi connectivity index (χ1) is 19.9. The summed E-state index contributed by atoms with van der Waals surface area (Å²) in [5, 5.41) is 23.4. The van der Waals surface area contributed by atoms with Crippen molar-refractivity contribution in [1.82, 2.24) is 21.3 Å². The topological polar surface area (TPSA) is 138 Å². The zero-order chi connectivity index (χ0) is 30.7. The Balaban J connectivity index is 1.93. The number of nitrogens with one attached hydrogen (secondary N) is 4. The second-order valence-corrected chi connectivity index (χ2v) is 12.0. The van der Waals surface area contributed by atoms with Crippen LogP contribution in [0.2, 0.25) is 0 Å². The molecule has 2 aliphatic rings. The van der Waals surface area contributed by atoms with Gasteiger partial charge in [0.25, 0.3) is 0 Å². The minimum atomic E-state index is -1.38. The molecule has 0 aliphatic carbocycles. The molecule has 5 N–H and O–H groups in total. The predicted molar refractivity (Wildman–Crippen MR) is 161 cm³/mol. The lowest BCUT2D eigenvalue weighted by Crippen LogP contribution is -2.62. The molecule has 42 heavy (non-hydrogen) atoms. The minimum Gasteiger partial charge on any atom is -0.494 e. The molecule has 0 fully saturated rings. The van der Waals surface area contributed by atoms with Crippen molar-refractivity contribution in [3.8, 4) is 5.75 Å². The normalized spacial score (nSPS) is 20.5. The monoisotopic (exact) mass is 582 g/mol. The molecule has 230 valence electrons. The number of aliphatic hydroxyl groups is 1. The van der Waals surface area contributed by atoms with E-state index in [-0.39, 0.29) is 24.8 Å². The van der Waals surface area contributed by atoms with Crippen LogP contribution in [0.4, 0.5) is 4.79 Å². The van der Waals surface area contributed by atoms with Crippen molar-refractivity contribution in [2.75, 3.05) is 13.2 Å². The lowest BCUT2D eigenvalue weighted by molar-refractivity contribution is -0.133. The number of rotatable bonds is 6. The van der Waals surface area contributed by atoms with E-state index >= 15 is 0 Å². The van der Waals surface area contributed by atoms with Crippen LogP contribution in [0.25, 0.3) is 0 Å². The summed E-state index contributed by atoms with van der Waals surface area (Å²) in [4.78, 5) is 39.7. The van der Waals surface area contributed by atoms with E-state index in [9.17, 15) is 19.5 Å². The van der Waals surface area contributed by atoms with Crippen molar-refractivity contribution in [2.45, 2.75) is 90.3 Å². The van der Waals surface area contributed by atoms with E-state index in [1.807, 2.05) is 68.4 Å². The van der Waals surface area contributed by atoms with Gasteiger partial charge in [-0.2, -0.15) is 0 Å². The number of hydrogen-bond donors (Lipinski definition) is 5. The highest BCUT2D eigenvalue weighted by atomic mass is 16.6. The maximum absolute atomic E-state index is 13.8. The fraction of sp³-hybridized carbons (Fsp3) is 0.531. The first kappa shape index (κ1) is 32.9. The standard InChI is InChI=1S/C32H46N4O6/c1-21(2)26-29(38)33-17-9-10-18-41-24-15-13-23(14-16-24)20-34-27(30(39)36-26)28(37)25(19-22-11-7-6-8-12-22)35-31(40)42-32(3,4)5/h6-8,11-16,21,25-28,34,37H,9-10,17-20H2,1-5H3,(H,33,38)(H,35,40)(H,36,39)/t25-,26?,27+,28?/m0/s1. The Labute approximate surface area is 248 Å². The highest BCUT2D eigenvalue weighted by Crippen LogP contribution is 2.16. The minimum absolute atomic E-state index is 0.204. The Morgan fingerprint density at radius 1 is 1.02 bits per heavy atom. The van der Waals surface area contributed by atoms with Crippen molar-refractivity contribution >= 4 is 17.9 Å². The predicted octanol–water partition coefficient (Wildman–Crippen LogP) is 3.07. The molecule has 2 heterocycles. The third kappa shape index (κ3) is 10.6. The maximum Gasteiger partial charge on any atom is 0.407 e. The summed E-state index contributed by atoms with van der Waals surface area (Å²) in [7, 11) is 0. The number of carbonyl (C=O) groups is 3. The quantitative estimate of drug-likeness (QED) is 0.330. The van der Waals surface area contributed by atoms with Crippen LogP contribution >= 0.6 is 0 Å². The smallest absolute Gasteiger partial charge is 0.407 e. The van der Waals surface area contributed by atoms with E-state index in [2.05, 4.69) is 21.3 Å². The van der Waals surface area contributed by atoms with Gasteiger partial charge < -0.3 is 30.5 Å². The van der Waals surface area contributed by atoms with E-state index in [1.165, 1.54) is 0 Å². The van der Waals surface area contributed by atoms with E-state index in [4.69, 9.17) is 9.47 Å². The van der Waals surface area contributed by atoms with Crippen LogP contribution in [0, 0.1) is 5.92 Å². The Kier molecular flexibility index (Phi) is 12.2. The van der Waals surface area contributed by atoms with Crippen LogP contribution in [0.1, 0.15) is 58.6 Å². The van der Waals surface area contributed by atoms with Crippen molar-refractivity contribution in [2.24, 2.45) is 5.92 Å². The number of hydrogen-bond acceptors (Lipinski definition) is 7. The van der Waals surface area contributed by atoms with Gasteiger partial charge in [0.15, 0.2) is 0 Å². The summed E-state index contributed by atoms with van der Waals surface area (Å²) in [6.45, 7) is 10.2. The molecule has 10 heteroatoms. The van der Waals surface area contributed by atoms with Gasteiger partial charge in [-0.15, -0.1) is 0 Å². The molecule has 0 aromatic heterocycles. The van der Waals surface area contributed by atoms with Gasteiger partial charge in [0.1, 0.15) is 23.4 Å². The zero-order valence-corrected chi connectivity index (χ0v) is 25.3. The van der Waals surface area contributed by atoms with Gasteiger partial charge in [0.2, 0.25) is 11.8 Å². The first-order valence-electron chi connectivity index (χ1n) is 14.7. The Hall–Kier alpha value is -3.63. The highest BCUT2D eigenvalue weighted by Gasteiger charge is 2.37. The maximum atomic E-state index is 13.8. The average Bonchev–Trinajstić information content (AvgIpc) is 2.93. The Morgan fingerprint density at radius 2 is 1.71 bits per heavy atom. The fourth-order valence-electron chi connectivity index (χ4n) is 4.63. The summed E-state index contributed by atoms with van der Waals surface area (Å²) in [6.07, 6.45) is -0.347. The van der Waals surface area contributed by atoms with E-state index in [1.54, 1.807) is 20.8 Å². The largest absolute Gasteiger partial charge is 0.494 e.